The minimum absolute atomic E-state index is 0.0517. The highest BCUT2D eigenvalue weighted by Crippen LogP contribution is 2.39. The summed E-state index contributed by atoms with van der Waals surface area (Å²) in [6.45, 7) is -1.58. The highest BCUT2D eigenvalue weighted by Gasteiger charge is 2.40. The predicted molar refractivity (Wildman–Crippen MR) is 100 cm³/mol. The van der Waals surface area contributed by atoms with Gasteiger partial charge in [0, 0.05) is 16.1 Å². The van der Waals surface area contributed by atoms with Crippen molar-refractivity contribution >= 4 is 29.1 Å². The molecule has 2 aromatic carbocycles. The van der Waals surface area contributed by atoms with Gasteiger partial charge >= 0.3 is 6.18 Å². The van der Waals surface area contributed by atoms with Crippen LogP contribution in [-0.2, 0) is 6.67 Å². The molecular weight excluding hydrogens is 414 g/mol. The van der Waals surface area contributed by atoms with E-state index in [-0.39, 0.29) is 12.5 Å². The highest BCUT2D eigenvalue weighted by atomic mass is 35.5. The van der Waals surface area contributed by atoms with Crippen LogP contribution in [0.15, 0.2) is 48.5 Å². The Morgan fingerprint density at radius 3 is 2.36 bits per heavy atom. The van der Waals surface area contributed by atoms with E-state index in [4.69, 9.17) is 23.2 Å². The number of imidazole rings is 1. The number of carbonyl (C=O) groups is 1. The molecule has 0 spiro atoms. The van der Waals surface area contributed by atoms with Crippen molar-refractivity contribution in [3.8, 4) is 22.5 Å². The SMILES string of the molecule is O=C1c2nc(-c3ccccc3Cl)c(-c3ccc(Cl)cc3)n2CN1CC(F)(F)F. The van der Waals surface area contributed by atoms with Crippen molar-refractivity contribution in [3.63, 3.8) is 0 Å². The van der Waals surface area contributed by atoms with Crippen LogP contribution in [-0.4, -0.2) is 33.1 Å². The first-order chi connectivity index (χ1) is 13.2. The number of amides is 1. The fourth-order valence-electron chi connectivity index (χ4n) is 3.21. The van der Waals surface area contributed by atoms with Gasteiger partial charge in [-0.15, -0.1) is 0 Å². The van der Waals surface area contributed by atoms with Gasteiger partial charge in [0.25, 0.3) is 5.91 Å². The van der Waals surface area contributed by atoms with Gasteiger partial charge in [0.1, 0.15) is 13.2 Å². The molecule has 1 aromatic heterocycles. The zero-order valence-electron chi connectivity index (χ0n) is 14.2. The summed E-state index contributed by atoms with van der Waals surface area (Å²) in [6.07, 6.45) is -4.49. The average Bonchev–Trinajstić information content (AvgIpc) is 3.12. The summed E-state index contributed by atoms with van der Waals surface area (Å²) < 4.78 is 39.9. The van der Waals surface area contributed by atoms with Gasteiger partial charge in [-0.25, -0.2) is 4.98 Å². The molecule has 0 radical (unpaired) electrons. The Morgan fingerprint density at radius 2 is 1.71 bits per heavy atom. The Kier molecular flexibility index (Phi) is 4.59. The number of aromatic nitrogens is 2. The number of rotatable bonds is 3. The van der Waals surface area contributed by atoms with Gasteiger partial charge in [-0.3, -0.25) is 4.79 Å². The molecule has 3 aromatic rings. The van der Waals surface area contributed by atoms with Crippen LogP contribution in [0.5, 0.6) is 0 Å². The molecule has 0 N–H and O–H groups in total. The van der Waals surface area contributed by atoms with E-state index in [9.17, 15) is 18.0 Å². The summed E-state index contributed by atoms with van der Waals surface area (Å²) >= 11 is 12.3. The van der Waals surface area contributed by atoms with Gasteiger partial charge in [-0.05, 0) is 18.2 Å². The first kappa shape index (κ1) is 18.8. The van der Waals surface area contributed by atoms with Gasteiger partial charge in [0.2, 0.25) is 5.82 Å². The van der Waals surface area contributed by atoms with Crippen LogP contribution in [0.3, 0.4) is 0 Å². The van der Waals surface area contributed by atoms with E-state index in [0.29, 0.717) is 32.6 Å². The van der Waals surface area contributed by atoms with Gasteiger partial charge < -0.3 is 9.47 Å². The van der Waals surface area contributed by atoms with Crippen molar-refractivity contribution in [2.45, 2.75) is 12.8 Å². The number of hydrogen-bond acceptors (Lipinski definition) is 2. The largest absolute Gasteiger partial charge is 0.406 e. The second-order valence-corrected chi connectivity index (χ2v) is 7.15. The van der Waals surface area contributed by atoms with Crippen LogP contribution >= 0.6 is 23.2 Å². The fourth-order valence-corrected chi connectivity index (χ4v) is 3.56. The van der Waals surface area contributed by atoms with Crippen molar-refractivity contribution in [1.29, 1.82) is 0 Å². The second-order valence-electron chi connectivity index (χ2n) is 6.31. The molecule has 0 unspecified atom stereocenters. The van der Waals surface area contributed by atoms with Crippen molar-refractivity contribution in [2.24, 2.45) is 0 Å². The fraction of sp³-hybridized carbons (Fsp3) is 0.158. The number of alkyl halides is 3. The molecule has 9 heteroatoms. The van der Waals surface area contributed by atoms with E-state index in [1.54, 1.807) is 48.5 Å². The molecule has 2 heterocycles. The Morgan fingerprint density at radius 1 is 1.04 bits per heavy atom. The van der Waals surface area contributed by atoms with E-state index >= 15 is 0 Å². The maximum absolute atomic E-state index is 12.8. The first-order valence-electron chi connectivity index (χ1n) is 8.22. The number of halogens is 5. The van der Waals surface area contributed by atoms with Crippen LogP contribution in [0.1, 0.15) is 10.6 Å². The second kappa shape index (κ2) is 6.83. The molecule has 0 fully saturated rings. The van der Waals surface area contributed by atoms with Crippen LogP contribution < -0.4 is 0 Å². The minimum Gasteiger partial charge on any atom is -0.309 e. The maximum atomic E-state index is 12.8. The average molecular weight is 426 g/mol. The Bertz CT molecular complexity index is 1060. The number of hydrogen-bond donors (Lipinski definition) is 0. The lowest BCUT2D eigenvalue weighted by Gasteiger charge is -2.18. The summed E-state index contributed by atoms with van der Waals surface area (Å²) in [5.41, 5.74) is 2.20. The Balaban J connectivity index is 1.88. The standard InChI is InChI=1S/C19H12Cl2F3N3O/c20-12-7-5-11(6-8-12)16-15(13-3-1-2-4-14(13)21)25-17-18(28)26(10-27(16)17)9-19(22,23)24/h1-8H,9-10H2. The lowest BCUT2D eigenvalue weighted by Crippen LogP contribution is -2.35. The Hall–Kier alpha value is -2.51. The van der Waals surface area contributed by atoms with Gasteiger partial charge in [-0.1, -0.05) is 53.5 Å². The molecule has 0 bridgehead atoms. The molecular formula is C19H12Cl2F3N3O. The van der Waals surface area contributed by atoms with Crippen molar-refractivity contribution in [2.75, 3.05) is 6.54 Å². The van der Waals surface area contributed by atoms with Crippen molar-refractivity contribution in [3.05, 3.63) is 64.4 Å². The summed E-state index contributed by atoms with van der Waals surface area (Å²) in [5.74, 6) is -0.824. The zero-order chi connectivity index (χ0) is 20.1. The first-order valence-corrected chi connectivity index (χ1v) is 8.97. The topological polar surface area (TPSA) is 38.1 Å². The third-order valence-electron chi connectivity index (χ3n) is 4.38. The Labute approximate surface area is 168 Å². The van der Waals surface area contributed by atoms with Crippen LogP contribution in [0, 0.1) is 0 Å². The normalized spacial score (nSPS) is 13.9. The molecule has 1 amide bonds. The number of benzene rings is 2. The maximum Gasteiger partial charge on any atom is 0.406 e. The molecule has 28 heavy (non-hydrogen) atoms. The van der Waals surface area contributed by atoms with Gasteiger partial charge in [0.05, 0.1) is 16.4 Å². The van der Waals surface area contributed by atoms with Crippen molar-refractivity contribution in [1.82, 2.24) is 14.5 Å². The van der Waals surface area contributed by atoms with E-state index in [1.807, 2.05) is 0 Å². The molecule has 0 aliphatic carbocycles. The number of nitrogens with zero attached hydrogens (tertiary/aromatic N) is 3. The summed E-state index contributed by atoms with van der Waals surface area (Å²) in [5, 5.41) is 0.938. The zero-order valence-corrected chi connectivity index (χ0v) is 15.7. The third kappa shape index (κ3) is 3.36. The van der Waals surface area contributed by atoms with E-state index in [2.05, 4.69) is 4.98 Å². The lowest BCUT2D eigenvalue weighted by molar-refractivity contribution is -0.142. The molecule has 4 rings (SSSR count). The van der Waals surface area contributed by atoms with Crippen LogP contribution in [0.25, 0.3) is 22.5 Å². The van der Waals surface area contributed by atoms with Gasteiger partial charge in [-0.2, -0.15) is 13.2 Å². The molecule has 1 aliphatic heterocycles. The van der Waals surface area contributed by atoms with Crippen molar-refractivity contribution < 1.29 is 18.0 Å². The monoisotopic (exact) mass is 425 g/mol. The minimum atomic E-state index is -4.49. The highest BCUT2D eigenvalue weighted by molar-refractivity contribution is 6.33. The van der Waals surface area contributed by atoms with Crippen LogP contribution in [0.2, 0.25) is 10.0 Å². The molecule has 4 nitrogen and oxygen atoms in total. The third-order valence-corrected chi connectivity index (χ3v) is 4.96. The summed E-state index contributed by atoms with van der Waals surface area (Å²) in [4.78, 5) is 17.6. The quantitative estimate of drug-likeness (QED) is 0.555. The summed E-state index contributed by atoms with van der Waals surface area (Å²) in [6, 6.07) is 13.7. The lowest BCUT2D eigenvalue weighted by atomic mass is 10.0. The van der Waals surface area contributed by atoms with E-state index in [0.717, 1.165) is 4.90 Å². The number of carbonyl (C=O) groups excluding carboxylic acids is 1. The molecule has 144 valence electrons. The smallest absolute Gasteiger partial charge is 0.309 e. The number of fused-ring (bicyclic) bond motifs is 1. The molecule has 0 saturated carbocycles. The van der Waals surface area contributed by atoms with E-state index in [1.165, 1.54) is 4.57 Å². The van der Waals surface area contributed by atoms with Crippen LogP contribution in [0.4, 0.5) is 13.2 Å². The van der Waals surface area contributed by atoms with E-state index < -0.39 is 18.6 Å². The molecule has 0 saturated heterocycles. The van der Waals surface area contributed by atoms with Gasteiger partial charge in [0.15, 0.2) is 0 Å². The summed E-state index contributed by atoms with van der Waals surface area (Å²) in [7, 11) is 0. The molecule has 0 atom stereocenters. The molecule has 1 aliphatic rings. The predicted octanol–water partition coefficient (Wildman–Crippen LogP) is 5.50.